The molecule has 146 valence electrons. The molecule has 29 heavy (non-hydrogen) atoms. The predicted molar refractivity (Wildman–Crippen MR) is 120 cm³/mol. The average molecular weight is 383 g/mol. The van der Waals surface area contributed by atoms with Gasteiger partial charge in [-0.1, -0.05) is 72.8 Å². The number of hydrogen-bond acceptors (Lipinski definition) is 2. The Morgan fingerprint density at radius 2 is 1.55 bits per heavy atom. The quantitative estimate of drug-likeness (QED) is 0.391. The van der Waals surface area contributed by atoms with Crippen LogP contribution in [0.15, 0.2) is 97.3 Å². The molecule has 1 heterocycles. The third kappa shape index (κ3) is 6.89. The Morgan fingerprint density at radius 3 is 2.17 bits per heavy atom. The van der Waals surface area contributed by atoms with E-state index in [1.54, 1.807) is 24.5 Å². The maximum absolute atomic E-state index is 11.9. The molecule has 0 saturated heterocycles. The van der Waals surface area contributed by atoms with Crippen molar-refractivity contribution in [3.05, 3.63) is 114 Å². The van der Waals surface area contributed by atoms with E-state index in [1.807, 2.05) is 24.3 Å². The highest BCUT2D eigenvalue weighted by Crippen LogP contribution is 2.24. The van der Waals surface area contributed by atoms with Crippen LogP contribution in [0.5, 0.6) is 0 Å². The first-order valence-electron chi connectivity index (χ1n) is 10.00. The number of nitrogens with one attached hydrogen (secondary N) is 1. The Hall–Kier alpha value is -3.46. The Morgan fingerprint density at radius 1 is 0.862 bits per heavy atom. The molecule has 0 aliphatic rings. The number of amides is 1. The van der Waals surface area contributed by atoms with Gasteiger partial charge in [-0.25, -0.2) is 0 Å². The molecule has 1 N–H and O–H groups in total. The third-order valence-electron chi connectivity index (χ3n) is 4.56. The summed E-state index contributed by atoms with van der Waals surface area (Å²) >= 11 is 0. The first-order valence-corrected chi connectivity index (χ1v) is 10.00. The van der Waals surface area contributed by atoms with Gasteiger partial charge in [0.2, 0.25) is 5.91 Å². The van der Waals surface area contributed by atoms with Crippen molar-refractivity contribution in [2.45, 2.75) is 19.3 Å². The second-order valence-electron chi connectivity index (χ2n) is 6.76. The van der Waals surface area contributed by atoms with E-state index in [9.17, 15) is 4.79 Å². The van der Waals surface area contributed by atoms with E-state index in [-0.39, 0.29) is 5.91 Å². The second-order valence-corrected chi connectivity index (χ2v) is 6.76. The van der Waals surface area contributed by atoms with Crippen LogP contribution in [0.3, 0.4) is 0 Å². The van der Waals surface area contributed by atoms with Crippen molar-refractivity contribution in [1.29, 1.82) is 0 Å². The highest BCUT2D eigenvalue weighted by molar-refractivity contribution is 5.91. The minimum absolute atomic E-state index is 0.0707. The fourth-order valence-corrected chi connectivity index (χ4v) is 3.07. The van der Waals surface area contributed by atoms with Gasteiger partial charge in [-0.15, -0.1) is 0 Å². The van der Waals surface area contributed by atoms with Crippen LogP contribution >= 0.6 is 0 Å². The zero-order valence-corrected chi connectivity index (χ0v) is 16.5. The minimum Gasteiger partial charge on any atom is -0.353 e. The molecule has 0 unspecified atom stereocenters. The zero-order chi connectivity index (χ0) is 20.2. The molecular weight excluding hydrogens is 356 g/mol. The predicted octanol–water partition coefficient (Wildman–Crippen LogP) is 5.51. The molecule has 2 aromatic carbocycles. The number of carbonyl (C=O) groups is 1. The SMILES string of the molecule is O=C(/C=C\c1cccnc1)NCCCCC=C(c1ccccc1)c1ccccc1. The van der Waals surface area contributed by atoms with Crippen LogP contribution in [0.25, 0.3) is 11.6 Å². The standard InChI is InChI=1S/C26H26N2O/c29-26(18-17-22-11-10-19-27-21-22)28-20-9-3-8-16-25(23-12-4-1-5-13-23)24-14-6-2-7-15-24/h1-2,4-7,10-19,21H,3,8-9,20H2,(H,28,29)/b18-17-. The molecule has 0 radical (unpaired) electrons. The number of nitrogens with zero attached hydrogens (tertiary/aromatic N) is 1. The van der Waals surface area contributed by atoms with Crippen LogP contribution in [0.4, 0.5) is 0 Å². The summed E-state index contributed by atoms with van der Waals surface area (Å²) in [6.45, 7) is 0.677. The molecule has 3 rings (SSSR count). The molecule has 0 aliphatic heterocycles. The first-order chi connectivity index (χ1) is 14.3. The molecule has 3 heteroatoms. The van der Waals surface area contributed by atoms with Gasteiger partial charge in [-0.05, 0) is 53.7 Å². The Kier molecular flexibility index (Phi) is 7.97. The van der Waals surface area contributed by atoms with E-state index in [0.29, 0.717) is 6.54 Å². The number of benzene rings is 2. The van der Waals surface area contributed by atoms with E-state index >= 15 is 0 Å². The molecule has 3 nitrogen and oxygen atoms in total. The summed E-state index contributed by atoms with van der Waals surface area (Å²) < 4.78 is 0. The van der Waals surface area contributed by atoms with Crippen molar-refractivity contribution in [3.8, 4) is 0 Å². The van der Waals surface area contributed by atoms with Gasteiger partial charge in [0.1, 0.15) is 0 Å². The van der Waals surface area contributed by atoms with Gasteiger partial charge in [0.05, 0.1) is 0 Å². The Labute approximate surface area is 172 Å². The summed E-state index contributed by atoms with van der Waals surface area (Å²) in [4.78, 5) is 15.9. The van der Waals surface area contributed by atoms with Gasteiger partial charge in [-0.3, -0.25) is 9.78 Å². The van der Waals surface area contributed by atoms with Gasteiger partial charge >= 0.3 is 0 Å². The average Bonchev–Trinajstić information content (AvgIpc) is 2.79. The van der Waals surface area contributed by atoms with Crippen molar-refractivity contribution < 1.29 is 4.79 Å². The summed E-state index contributed by atoms with van der Waals surface area (Å²) in [5.41, 5.74) is 4.64. The van der Waals surface area contributed by atoms with Crippen molar-refractivity contribution >= 4 is 17.6 Å². The summed E-state index contributed by atoms with van der Waals surface area (Å²) in [7, 11) is 0. The van der Waals surface area contributed by atoms with Gasteiger partial charge in [-0.2, -0.15) is 0 Å². The first kappa shape index (κ1) is 20.3. The molecule has 0 fully saturated rings. The summed E-state index contributed by atoms with van der Waals surface area (Å²) in [6, 6.07) is 24.7. The molecule has 0 spiro atoms. The molecule has 0 aliphatic carbocycles. The molecule has 0 bridgehead atoms. The highest BCUT2D eigenvalue weighted by Gasteiger charge is 2.03. The number of allylic oxidation sites excluding steroid dienone is 1. The van der Waals surface area contributed by atoms with Crippen LogP contribution in [0, 0.1) is 0 Å². The lowest BCUT2D eigenvalue weighted by Crippen LogP contribution is -2.21. The monoisotopic (exact) mass is 382 g/mol. The van der Waals surface area contributed by atoms with Gasteiger partial charge in [0.25, 0.3) is 0 Å². The van der Waals surface area contributed by atoms with Crippen LogP contribution < -0.4 is 5.32 Å². The smallest absolute Gasteiger partial charge is 0.243 e. The van der Waals surface area contributed by atoms with Crippen LogP contribution in [-0.4, -0.2) is 17.4 Å². The summed E-state index contributed by atoms with van der Waals surface area (Å²) in [5, 5.41) is 2.94. The number of aromatic nitrogens is 1. The van der Waals surface area contributed by atoms with Gasteiger partial charge < -0.3 is 5.32 Å². The Bertz CT molecular complexity index is 891. The third-order valence-corrected chi connectivity index (χ3v) is 4.56. The maximum Gasteiger partial charge on any atom is 0.243 e. The number of carbonyl (C=O) groups excluding carboxylic acids is 1. The molecule has 3 aromatic rings. The zero-order valence-electron chi connectivity index (χ0n) is 16.5. The number of rotatable bonds is 9. The number of pyridine rings is 1. The molecular formula is C26H26N2O. The van der Waals surface area contributed by atoms with Gasteiger partial charge in [0, 0.05) is 25.0 Å². The maximum atomic E-state index is 11.9. The van der Waals surface area contributed by atoms with E-state index < -0.39 is 0 Å². The summed E-state index contributed by atoms with van der Waals surface area (Å²) in [5.74, 6) is -0.0707. The molecule has 0 atom stereocenters. The van der Waals surface area contributed by atoms with Gasteiger partial charge in [0.15, 0.2) is 0 Å². The fraction of sp³-hybridized carbons (Fsp3) is 0.154. The lowest BCUT2D eigenvalue weighted by atomic mass is 9.96. The molecule has 1 aromatic heterocycles. The number of unbranched alkanes of at least 4 members (excludes halogenated alkanes) is 2. The lowest BCUT2D eigenvalue weighted by Gasteiger charge is -2.09. The van der Waals surface area contributed by atoms with Crippen molar-refractivity contribution in [2.75, 3.05) is 6.54 Å². The topological polar surface area (TPSA) is 42.0 Å². The molecule has 0 saturated carbocycles. The summed E-state index contributed by atoms with van der Waals surface area (Å²) in [6.07, 6.45) is 12.0. The Balaban J connectivity index is 1.47. The highest BCUT2D eigenvalue weighted by atomic mass is 16.1. The lowest BCUT2D eigenvalue weighted by molar-refractivity contribution is -0.116. The largest absolute Gasteiger partial charge is 0.353 e. The van der Waals surface area contributed by atoms with E-state index in [0.717, 1.165) is 24.8 Å². The molecule has 1 amide bonds. The fourth-order valence-electron chi connectivity index (χ4n) is 3.07. The van der Waals surface area contributed by atoms with E-state index in [4.69, 9.17) is 0 Å². The number of hydrogen-bond donors (Lipinski definition) is 1. The minimum atomic E-state index is -0.0707. The van der Waals surface area contributed by atoms with E-state index in [1.165, 1.54) is 16.7 Å². The second kappa shape index (κ2) is 11.4. The normalized spacial score (nSPS) is 10.6. The van der Waals surface area contributed by atoms with E-state index in [2.05, 4.69) is 64.9 Å². The van der Waals surface area contributed by atoms with Crippen LogP contribution in [0.1, 0.15) is 36.0 Å². The van der Waals surface area contributed by atoms with Crippen LogP contribution in [0.2, 0.25) is 0 Å². The van der Waals surface area contributed by atoms with Crippen molar-refractivity contribution in [3.63, 3.8) is 0 Å². The van der Waals surface area contributed by atoms with Crippen molar-refractivity contribution in [2.24, 2.45) is 0 Å². The van der Waals surface area contributed by atoms with Crippen molar-refractivity contribution in [1.82, 2.24) is 10.3 Å². The van der Waals surface area contributed by atoms with Crippen LogP contribution in [-0.2, 0) is 4.79 Å².